The van der Waals surface area contributed by atoms with E-state index in [0.29, 0.717) is 5.37 Å². The lowest BCUT2D eigenvalue weighted by molar-refractivity contribution is -0.116. The molecule has 1 aliphatic rings. The zero-order chi connectivity index (χ0) is 6.15. The van der Waals surface area contributed by atoms with Gasteiger partial charge in [-0.25, -0.2) is 0 Å². The van der Waals surface area contributed by atoms with E-state index in [-0.39, 0.29) is 11.0 Å². The molecule has 1 rings (SSSR count). The van der Waals surface area contributed by atoms with Crippen molar-refractivity contribution in [3.05, 3.63) is 0 Å². The third-order valence-electron chi connectivity index (χ3n) is 1.18. The third kappa shape index (κ3) is 1.03. The molecule has 0 aromatic rings. The molecule has 8 heavy (non-hydrogen) atoms. The SMILES string of the molecule is CNC1SC1C(C)=O. The summed E-state index contributed by atoms with van der Waals surface area (Å²) in [6.07, 6.45) is 0. The minimum Gasteiger partial charge on any atom is -0.307 e. The van der Waals surface area contributed by atoms with Crippen LogP contribution in [0, 0.1) is 0 Å². The minimum absolute atomic E-state index is 0.250. The zero-order valence-corrected chi connectivity index (χ0v) is 5.79. The van der Waals surface area contributed by atoms with Gasteiger partial charge in [0.05, 0.1) is 10.6 Å². The second-order valence-corrected chi connectivity index (χ2v) is 3.16. The maximum Gasteiger partial charge on any atom is 0.145 e. The fraction of sp³-hybridized carbons (Fsp3) is 0.800. The molecule has 2 unspecified atom stereocenters. The maximum absolute atomic E-state index is 10.5. The monoisotopic (exact) mass is 131 g/mol. The number of hydrogen-bond donors (Lipinski definition) is 1. The number of rotatable bonds is 2. The lowest BCUT2D eigenvalue weighted by Gasteiger charge is -1.86. The van der Waals surface area contributed by atoms with E-state index in [2.05, 4.69) is 5.32 Å². The summed E-state index contributed by atoms with van der Waals surface area (Å²) >= 11 is 1.68. The molecule has 1 N–H and O–H groups in total. The molecule has 2 nitrogen and oxygen atoms in total. The Morgan fingerprint density at radius 2 is 2.38 bits per heavy atom. The van der Waals surface area contributed by atoms with Crippen molar-refractivity contribution >= 4 is 17.5 Å². The van der Waals surface area contributed by atoms with Crippen LogP contribution in [0.25, 0.3) is 0 Å². The van der Waals surface area contributed by atoms with Gasteiger partial charge in [-0.15, -0.1) is 11.8 Å². The summed E-state index contributed by atoms with van der Waals surface area (Å²) in [5, 5.41) is 3.67. The van der Waals surface area contributed by atoms with Crippen LogP contribution in [0.3, 0.4) is 0 Å². The van der Waals surface area contributed by atoms with E-state index in [0.717, 1.165) is 0 Å². The number of Topliss-reactive ketones (excluding diaryl/α,β-unsaturated/α-hetero) is 1. The van der Waals surface area contributed by atoms with Gasteiger partial charge < -0.3 is 5.32 Å². The van der Waals surface area contributed by atoms with Gasteiger partial charge in [0.25, 0.3) is 0 Å². The molecule has 1 heterocycles. The molecule has 0 aliphatic carbocycles. The molecule has 0 spiro atoms. The smallest absolute Gasteiger partial charge is 0.145 e. The molecule has 2 atom stereocenters. The predicted octanol–water partition coefficient (Wildman–Crippen LogP) is 0.236. The lowest BCUT2D eigenvalue weighted by Crippen LogP contribution is -2.16. The highest BCUT2D eigenvalue weighted by Crippen LogP contribution is 2.38. The minimum atomic E-state index is 0.250. The largest absolute Gasteiger partial charge is 0.307 e. The topological polar surface area (TPSA) is 29.1 Å². The van der Waals surface area contributed by atoms with Crippen LogP contribution in [0.2, 0.25) is 0 Å². The van der Waals surface area contributed by atoms with Gasteiger partial charge in [-0.05, 0) is 14.0 Å². The highest BCUT2D eigenvalue weighted by atomic mass is 32.2. The van der Waals surface area contributed by atoms with E-state index in [1.165, 1.54) is 0 Å². The standard InChI is InChI=1S/C5H9NOS/c1-3(7)4-5(6-2)8-4/h4-6H,1-2H3. The van der Waals surface area contributed by atoms with Gasteiger partial charge in [-0.3, -0.25) is 4.79 Å². The Kier molecular flexibility index (Phi) is 1.58. The van der Waals surface area contributed by atoms with Crippen molar-refractivity contribution in [2.24, 2.45) is 0 Å². The van der Waals surface area contributed by atoms with E-state index in [1.807, 2.05) is 7.05 Å². The molecule has 0 aromatic heterocycles. The molecule has 0 bridgehead atoms. The van der Waals surface area contributed by atoms with E-state index >= 15 is 0 Å². The number of ketones is 1. The van der Waals surface area contributed by atoms with Crippen LogP contribution in [0.15, 0.2) is 0 Å². The highest BCUT2D eigenvalue weighted by Gasteiger charge is 2.40. The summed E-state index contributed by atoms with van der Waals surface area (Å²) in [5.41, 5.74) is 0. The van der Waals surface area contributed by atoms with Gasteiger partial charge in [0.15, 0.2) is 0 Å². The molecule has 0 aromatic carbocycles. The molecule has 0 radical (unpaired) electrons. The third-order valence-corrected chi connectivity index (χ3v) is 2.56. The van der Waals surface area contributed by atoms with Crippen LogP contribution >= 0.6 is 11.8 Å². The first kappa shape index (κ1) is 6.11. The van der Waals surface area contributed by atoms with Crippen molar-refractivity contribution in [3.8, 4) is 0 Å². The Morgan fingerprint density at radius 1 is 1.75 bits per heavy atom. The summed E-state index contributed by atoms with van der Waals surface area (Å²) in [4.78, 5) is 10.5. The quantitative estimate of drug-likeness (QED) is 0.544. The molecular formula is C5H9NOS. The van der Waals surface area contributed by atoms with E-state index in [1.54, 1.807) is 18.7 Å². The van der Waals surface area contributed by atoms with Crippen LogP contribution in [0.4, 0.5) is 0 Å². The summed E-state index contributed by atoms with van der Waals surface area (Å²) in [5.74, 6) is 0.286. The van der Waals surface area contributed by atoms with Crippen molar-refractivity contribution in [1.29, 1.82) is 0 Å². The van der Waals surface area contributed by atoms with Gasteiger partial charge in [-0.2, -0.15) is 0 Å². The highest BCUT2D eigenvalue weighted by molar-refractivity contribution is 8.08. The molecule has 1 aliphatic heterocycles. The number of nitrogens with one attached hydrogen (secondary N) is 1. The fourth-order valence-electron chi connectivity index (χ4n) is 0.641. The van der Waals surface area contributed by atoms with Crippen LogP contribution in [-0.2, 0) is 4.79 Å². The summed E-state index contributed by atoms with van der Waals surface area (Å²) in [6, 6.07) is 0. The molecular weight excluding hydrogens is 122 g/mol. The summed E-state index contributed by atoms with van der Waals surface area (Å²) in [7, 11) is 1.88. The van der Waals surface area contributed by atoms with Gasteiger partial charge in [0.2, 0.25) is 0 Å². The van der Waals surface area contributed by atoms with Gasteiger partial charge in [0.1, 0.15) is 5.78 Å². The van der Waals surface area contributed by atoms with Crippen molar-refractivity contribution in [2.45, 2.75) is 17.5 Å². The number of carbonyl (C=O) groups is 1. The summed E-state index contributed by atoms with van der Waals surface area (Å²) in [6.45, 7) is 1.63. The van der Waals surface area contributed by atoms with E-state index < -0.39 is 0 Å². The van der Waals surface area contributed by atoms with Crippen molar-refractivity contribution < 1.29 is 4.79 Å². The van der Waals surface area contributed by atoms with Crippen LogP contribution in [0.5, 0.6) is 0 Å². The van der Waals surface area contributed by atoms with Crippen molar-refractivity contribution in [3.63, 3.8) is 0 Å². The van der Waals surface area contributed by atoms with Crippen molar-refractivity contribution in [2.75, 3.05) is 7.05 Å². The fourth-order valence-corrected chi connectivity index (χ4v) is 1.52. The van der Waals surface area contributed by atoms with Crippen LogP contribution in [0.1, 0.15) is 6.92 Å². The number of hydrogen-bond acceptors (Lipinski definition) is 3. The average molecular weight is 131 g/mol. The van der Waals surface area contributed by atoms with E-state index in [4.69, 9.17) is 0 Å². The number of carbonyl (C=O) groups excluding carboxylic acids is 1. The first-order chi connectivity index (χ1) is 3.75. The molecule has 3 heteroatoms. The predicted molar refractivity (Wildman–Crippen MR) is 34.9 cm³/mol. The van der Waals surface area contributed by atoms with Gasteiger partial charge in [0, 0.05) is 0 Å². The summed E-state index contributed by atoms with van der Waals surface area (Å²) < 4.78 is 0. The first-order valence-corrected chi connectivity index (χ1v) is 3.53. The molecule has 46 valence electrons. The van der Waals surface area contributed by atoms with Gasteiger partial charge >= 0.3 is 0 Å². The molecule has 1 saturated heterocycles. The second kappa shape index (κ2) is 2.07. The Morgan fingerprint density at radius 3 is 2.50 bits per heavy atom. The van der Waals surface area contributed by atoms with Gasteiger partial charge in [-0.1, -0.05) is 0 Å². The van der Waals surface area contributed by atoms with Crippen LogP contribution in [-0.4, -0.2) is 23.5 Å². The molecule has 0 saturated carbocycles. The maximum atomic E-state index is 10.5. The zero-order valence-electron chi connectivity index (χ0n) is 4.97. The normalized spacial score (nSPS) is 34.8. The van der Waals surface area contributed by atoms with Crippen molar-refractivity contribution in [1.82, 2.24) is 5.32 Å². The molecule has 1 fully saturated rings. The lowest BCUT2D eigenvalue weighted by atomic mass is 10.3. The molecule has 0 amide bonds. The Labute approximate surface area is 53.0 Å². The average Bonchev–Trinajstić information content (AvgIpc) is 2.42. The Hall–Kier alpha value is -0.0200. The Balaban J connectivity index is 2.26. The number of thioether (sulfide) groups is 1. The van der Waals surface area contributed by atoms with Crippen LogP contribution < -0.4 is 5.32 Å². The van der Waals surface area contributed by atoms with E-state index in [9.17, 15) is 4.79 Å². The second-order valence-electron chi connectivity index (χ2n) is 1.88. The first-order valence-electron chi connectivity index (χ1n) is 2.59. The Bertz CT molecular complexity index is 115.